The van der Waals surface area contributed by atoms with Gasteiger partial charge in [0, 0.05) is 12.1 Å². The van der Waals surface area contributed by atoms with Gasteiger partial charge < -0.3 is 11.1 Å². The van der Waals surface area contributed by atoms with Crippen LogP contribution in [0.25, 0.3) is 0 Å². The molecule has 0 aliphatic heterocycles. The second-order valence-electron chi connectivity index (χ2n) is 3.83. The molecule has 5 nitrogen and oxygen atoms in total. The zero-order valence-corrected chi connectivity index (χ0v) is 12.4. The molecular weight excluding hydrogens is 332 g/mol. The minimum Gasteiger partial charge on any atom is -0.370 e. The van der Waals surface area contributed by atoms with Crippen LogP contribution in [0.4, 0.5) is 18.0 Å². The van der Waals surface area contributed by atoms with E-state index >= 15 is 0 Å². The van der Waals surface area contributed by atoms with Gasteiger partial charge in [-0.1, -0.05) is 11.6 Å². The van der Waals surface area contributed by atoms with Crippen molar-refractivity contribution in [3.63, 3.8) is 0 Å². The van der Waals surface area contributed by atoms with E-state index in [0.717, 1.165) is 23.1 Å². The summed E-state index contributed by atoms with van der Waals surface area (Å²) in [5.74, 6) is -0.599. The van der Waals surface area contributed by atoms with Crippen LogP contribution in [0, 0.1) is 5.41 Å². The molecule has 0 aliphatic rings. The Morgan fingerprint density at radius 1 is 1.48 bits per heavy atom. The molecule has 0 aromatic heterocycles. The van der Waals surface area contributed by atoms with Gasteiger partial charge in [-0.25, -0.2) is 4.79 Å². The van der Waals surface area contributed by atoms with Crippen molar-refractivity contribution in [1.82, 2.24) is 10.2 Å². The van der Waals surface area contributed by atoms with Crippen molar-refractivity contribution < 1.29 is 18.0 Å². The van der Waals surface area contributed by atoms with Crippen molar-refractivity contribution in [2.45, 2.75) is 12.7 Å². The van der Waals surface area contributed by atoms with Gasteiger partial charge in [0.05, 0.1) is 12.1 Å². The lowest BCUT2D eigenvalue weighted by Gasteiger charge is -2.21. The minimum atomic E-state index is -4.52. The number of benzene rings is 1. The first-order valence-corrected chi connectivity index (χ1v) is 5.73. The Morgan fingerprint density at radius 3 is 2.48 bits per heavy atom. The molecule has 10 heteroatoms. The SMILES string of the molecule is CNC(=O)N(Cc1cc(C(F)(F)F)ccc1Cl)C(=N)N.Cl. The predicted molar refractivity (Wildman–Crippen MR) is 75.6 cm³/mol. The van der Waals surface area contributed by atoms with Gasteiger partial charge in [-0.15, -0.1) is 12.4 Å². The highest BCUT2D eigenvalue weighted by Gasteiger charge is 2.31. The van der Waals surface area contributed by atoms with Crippen molar-refractivity contribution in [2.24, 2.45) is 5.73 Å². The Balaban J connectivity index is 0.00000400. The highest BCUT2D eigenvalue weighted by atomic mass is 35.5. The highest BCUT2D eigenvalue weighted by Crippen LogP contribution is 2.32. The molecule has 0 bridgehead atoms. The molecule has 0 unspecified atom stereocenters. The molecule has 21 heavy (non-hydrogen) atoms. The molecule has 0 heterocycles. The zero-order valence-electron chi connectivity index (χ0n) is 10.8. The number of nitrogens with zero attached hydrogens (tertiary/aromatic N) is 1. The zero-order chi connectivity index (χ0) is 15.5. The number of hydrogen-bond acceptors (Lipinski definition) is 2. The van der Waals surface area contributed by atoms with E-state index in [1.165, 1.54) is 7.05 Å². The maximum absolute atomic E-state index is 12.6. The fourth-order valence-electron chi connectivity index (χ4n) is 1.44. The lowest BCUT2D eigenvalue weighted by atomic mass is 10.1. The van der Waals surface area contributed by atoms with E-state index in [4.69, 9.17) is 22.7 Å². The Morgan fingerprint density at radius 2 is 2.05 bits per heavy atom. The fourth-order valence-corrected chi connectivity index (χ4v) is 1.62. The van der Waals surface area contributed by atoms with Crippen LogP contribution < -0.4 is 11.1 Å². The van der Waals surface area contributed by atoms with Gasteiger partial charge in [0.15, 0.2) is 5.96 Å². The number of carbonyl (C=O) groups is 1. The lowest BCUT2D eigenvalue weighted by Crippen LogP contribution is -2.45. The highest BCUT2D eigenvalue weighted by molar-refractivity contribution is 6.31. The van der Waals surface area contributed by atoms with E-state index in [1.807, 2.05) is 0 Å². The molecule has 2 amide bonds. The maximum atomic E-state index is 12.6. The average Bonchev–Trinajstić information content (AvgIpc) is 2.35. The number of amides is 2. The van der Waals surface area contributed by atoms with Gasteiger partial charge in [-0.3, -0.25) is 10.3 Å². The summed E-state index contributed by atoms with van der Waals surface area (Å²) in [6.45, 7) is -0.336. The van der Waals surface area contributed by atoms with Gasteiger partial charge in [0.1, 0.15) is 0 Å². The summed E-state index contributed by atoms with van der Waals surface area (Å²) in [6, 6.07) is 2.03. The molecular formula is C11H13Cl2F3N4O. The quantitative estimate of drug-likeness (QED) is 0.569. The van der Waals surface area contributed by atoms with E-state index in [9.17, 15) is 18.0 Å². The Bertz CT molecular complexity index is 537. The topological polar surface area (TPSA) is 82.2 Å². The van der Waals surface area contributed by atoms with Gasteiger partial charge >= 0.3 is 12.2 Å². The summed E-state index contributed by atoms with van der Waals surface area (Å²) in [6.07, 6.45) is -4.52. The number of urea groups is 1. The van der Waals surface area contributed by atoms with Gasteiger partial charge in [-0.2, -0.15) is 13.2 Å². The Kier molecular flexibility index (Phi) is 6.78. The first kappa shape index (κ1) is 19.3. The summed E-state index contributed by atoms with van der Waals surface area (Å²) >= 11 is 5.81. The van der Waals surface area contributed by atoms with Crippen LogP contribution in [0.5, 0.6) is 0 Å². The van der Waals surface area contributed by atoms with E-state index in [0.29, 0.717) is 0 Å². The number of alkyl halides is 3. The van der Waals surface area contributed by atoms with Crippen LogP contribution >= 0.6 is 24.0 Å². The maximum Gasteiger partial charge on any atom is 0.416 e. The number of guanidine groups is 1. The number of hydrogen-bond donors (Lipinski definition) is 3. The normalized spacial score (nSPS) is 10.5. The summed E-state index contributed by atoms with van der Waals surface area (Å²) in [5.41, 5.74) is 4.37. The molecule has 0 saturated carbocycles. The van der Waals surface area contributed by atoms with Crippen LogP contribution in [0.1, 0.15) is 11.1 Å². The molecule has 4 N–H and O–H groups in total. The number of carbonyl (C=O) groups excluding carboxylic acids is 1. The Hall–Kier alpha value is -1.67. The smallest absolute Gasteiger partial charge is 0.370 e. The summed E-state index contributed by atoms with van der Waals surface area (Å²) in [4.78, 5) is 12.2. The van der Waals surface area contributed by atoms with E-state index in [-0.39, 0.29) is 29.5 Å². The Labute approximate surface area is 130 Å². The molecule has 1 rings (SSSR count). The number of halogens is 5. The van der Waals surface area contributed by atoms with Crippen LogP contribution in [0.15, 0.2) is 18.2 Å². The van der Waals surface area contributed by atoms with Crippen molar-refractivity contribution in [3.8, 4) is 0 Å². The third-order valence-electron chi connectivity index (χ3n) is 2.45. The average molecular weight is 345 g/mol. The molecule has 0 fully saturated rings. The number of rotatable bonds is 2. The number of nitrogens with one attached hydrogen (secondary N) is 2. The van der Waals surface area contributed by atoms with Crippen LogP contribution in [0.2, 0.25) is 5.02 Å². The van der Waals surface area contributed by atoms with Crippen molar-refractivity contribution >= 4 is 36.0 Å². The van der Waals surface area contributed by atoms with Gasteiger partial charge in [-0.05, 0) is 23.8 Å². The molecule has 1 aromatic carbocycles. The first-order chi connectivity index (χ1) is 9.16. The van der Waals surface area contributed by atoms with Crippen molar-refractivity contribution in [2.75, 3.05) is 7.05 Å². The molecule has 1 aromatic rings. The van der Waals surface area contributed by atoms with E-state index in [2.05, 4.69) is 5.32 Å². The molecule has 0 aliphatic carbocycles. The fraction of sp³-hybridized carbons (Fsp3) is 0.273. The van der Waals surface area contributed by atoms with E-state index < -0.39 is 23.7 Å². The largest absolute Gasteiger partial charge is 0.416 e. The van der Waals surface area contributed by atoms with Crippen molar-refractivity contribution in [3.05, 3.63) is 34.3 Å². The van der Waals surface area contributed by atoms with Gasteiger partial charge in [0.25, 0.3) is 0 Å². The third kappa shape index (κ3) is 4.98. The summed E-state index contributed by atoms with van der Waals surface area (Å²) in [5, 5.41) is 9.54. The predicted octanol–water partition coefficient (Wildman–Crippen LogP) is 2.82. The first-order valence-electron chi connectivity index (χ1n) is 5.35. The third-order valence-corrected chi connectivity index (χ3v) is 2.82. The van der Waals surface area contributed by atoms with Crippen molar-refractivity contribution in [1.29, 1.82) is 5.41 Å². The second-order valence-corrected chi connectivity index (χ2v) is 4.24. The molecule has 0 saturated heterocycles. The second kappa shape index (κ2) is 7.37. The van der Waals surface area contributed by atoms with E-state index in [1.54, 1.807) is 0 Å². The van der Waals surface area contributed by atoms with Gasteiger partial charge in [0.2, 0.25) is 0 Å². The molecule has 0 atom stereocenters. The van der Waals surface area contributed by atoms with Crippen LogP contribution in [0.3, 0.4) is 0 Å². The molecule has 0 spiro atoms. The van der Waals surface area contributed by atoms with Crippen LogP contribution in [-0.2, 0) is 12.7 Å². The number of nitrogens with two attached hydrogens (primary N) is 1. The summed E-state index contributed by atoms with van der Waals surface area (Å²) in [7, 11) is 1.31. The lowest BCUT2D eigenvalue weighted by molar-refractivity contribution is -0.137. The van der Waals surface area contributed by atoms with Crippen LogP contribution in [-0.4, -0.2) is 23.9 Å². The minimum absolute atomic E-state index is 0. The summed E-state index contributed by atoms with van der Waals surface area (Å²) < 4.78 is 37.9. The molecule has 0 radical (unpaired) electrons. The molecule has 118 valence electrons. The standard InChI is InChI=1S/C11H12ClF3N4O.ClH/c1-18-10(20)19(9(16)17)5-6-4-7(11(13,14)15)2-3-8(6)12;/h2-4H,5H2,1H3,(H3,16,17)(H,18,20);1H. The monoisotopic (exact) mass is 344 g/mol.